The van der Waals surface area contributed by atoms with Crippen molar-refractivity contribution >= 4 is 5.78 Å². The lowest BCUT2D eigenvalue weighted by molar-refractivity contribution is 0.0788. The van der Waals surface area contributed by atoms with Crippen LogP contribution < -0.4 is 0 Å². The van der Waals surface area contributed by atoms with Gasteiger partial charge in [-0.1, -0.05) is 32.9 Å². The second-order valence-corrected chi connectivity index (χ2v) is 5.34. The monoisotopic (exact) mass is 232 g/mol. The fourth-order valence-electron chi connectivity index (χ4n) is 2.10. The molecule has 0 saturated heterocycles. The Kier molecular flexibility index (Phi) is 3.34. The Hall–Kier alpha value is -1.15. The summed E-state index contributed by atoms with van der Waals surface area (Å²) in [5.74, 6) is 0.117. The van der Waals surface area contributed by atoms with Crippen LogP contribution in [0.5, 0.6) is 0 Å². The first-order valence-electron chi connectivity index (χ1n) is 6.29. The molecule has 0 bridgehead atoms. The van der Waals surface area contributed by atoms with Gasteiger partial charge < -0.3 is 4.74 Å². The Morgan fingerprint density at radius 3 is 2.82 bits per heavy atom. The van der Waals surface area contributed by atoms with Crippen molar-refractivity contribution in [3.63, 3.8) is 0 Å². The number of Topliss-reactive ketones (excluding diaryl/α,β-unsaturated/α-hetero) is 1. The van der Waals surface area contributed by atoms with E-state index >= 15 is 0 Å². The van der Waals surface area contributed by atoms with Gasteiger partial charge >= 0.3 is 0 Å². The largest absolute Gasteiger partial charge is 0.373 e. The Labute approximate surface area is 103 Å². The van der Waals surface area contributed by atoms with Gasteiger partial charge in [0.25, 0.3) is 0 Å². The number of hydrogen-bond donors (Lipinski definition) is 0. The van der Waals surface area contributed by atoms with Crippen molar-refractivity contribution in [2.45, 2.75) is 39.0 Å². The SMILES string of the molecule is CCC(C)(C)c1ccc2c(c1)C(=O)COCC2. The Bertz CT molecular complexity index is 433. The molecule has 0 saturated carbocycles. The maximum Gasteiger partial charge on any atom is 0.188 e. The molecule has 0 unspecified atom stereocenters. The average molecular weight is 232 g/mol. The van der Waals surface area contributed by atoms with Crippen LogP contribution in [0.3, 0.4) is 0 Å². The number of carbonyl (C=O) groups is 1. The van der Waals surface area contributed by atoms with Crippen molar-refractivity contribution in [2.75, 3.05) is 13.2 Å². The molecule has 1 heterocycles. The summed E-state index contributed by atoms with van der Waals surface area (Å²) in [6.45, 7) is 7.48. The van der Waals surface area contributed by atoms with Gasteiger partial charge in [-0.05, 0) is 35.4 Å². The highest BCUT2D eigenvalue weighted by atomic mass is 16.5. The molecule has 17 heavy (non-hydrogen) atoms. The highest BCUT2D eigenvalue weighted by Gasteiger charge is 2.22. The van der Waals surface area contributed by atoms with Crippen LogP contribution in [0.15, 0.2) is 18.2 Å². The van der Waals surface area contributed by atoms with E-state index in [4.69, 9.17) is 4.74 Å². The fourth-order valence-corrected chi connectivity index (χ4v) is 2.10. The van der Waals surface area contributed by atoms with Crippen LogP contribution in [-0.2, 0) is 16.6 Å². The van der Waals surface area contributed by atoms with Gasteiger partial charge in [-0.25, -0.2) is 0 Å². The zero-order valence-corrected chi connectivity index (χ0v) is 10.9. The molecule has 2 nitrogen and oxygen atoms in total. The van der Waals surface area contributed by atoms with Crippen LogP contribution in [0.4, 0.5) is 0 Å². The van der Waals surface area contributed by atoms with Crippen molar-refractivity contribution in [2.24, 2.45) is 0 Å². The van der Waals surface area contributed by atoms with Crippen molar-refractivity contribution < 1.29 is 9.53 Å². The lowest BCUT2D eigenvalue weighted by Crippen LogP contribution is -2.17. The van der Waals surface area contributed by atoms with E-state index in [0.717, 1.165) is 24.0 Å². The van der Waals surface area contributed by atoms with Crippen LogP contribution in [0.2, 0.25) is 0 Å². The number of rotatable bonds is 2. The summed E-state index contributed by atoms with van der Waals surface area (Å²) in [6.07, 6.45) is 1.91. The minimum atomic E-state index is 0.117. The van der Waals surface area contributed by atoms with Gasteiger partial charge in [-0.3, -0.25) is 4.79 Å². The molecule has 0 fully saturated rings. The molecule has 0 spiro atoms. The normalized spacial score (nSPS) is 16.5. The zero-order chi connectivity index (χ0) is 12.5. The highest BCUT2D eigenvalue weighted by molar-refractivity contribution is 5.99. The van der Waals surface area contributed by atoms with Crippen molar-refractivity contribution in [3.8, 4) is 0 Å². The zero-order valence-electron chi connectivity index (χ0n) is 10.9. The molecule has 1 aromatic carbocycles. The standard InChI is InChI=1S/C15H20O2/c1-4-15(2,3)12-6-5-11-7-8-17-10-14(16)13(11)9-12/h5-6,9H,4,7-8,10H2,1-3H3. The average Bonchev–Trinajstić information content (AvgIpc) is 2.51. The number of ether oxygens (including phenoxy) is 1. The first-order valence-corrected chi connectivity index (χ1v) is 6.29. The minimum Gasteiger partial charge on any atom is -0.373 e. The van der Waals surface area contributed by atoms with E-state index in [1.165, 1.54) is 5.56 Å². The van der Waals surface area contributed by atoms with E-state index in [9.17, 15) is 4.79 Å². The maximum atomic E-state index is 11.9. The molecule has 92 valence electrons. The van der Waals surface area contributed by atoms with E-state index in [1.54, 1.807) is 0 Å². The van der Waals surface area contributed by atoms with E-state index in [2.05, 4.69) is 39.0 Å². The van der Waals surface area contributed by atoms with E-state index in [-0.39, 0.29) is 17.8 Å². The van der Waals surface area contributed by atoms with E-state index in [0.29, 0.717) is 6.61 Å². The molecule has 0 amide bonds. The molecule has 0 atom stereocenters. The molecule has 2 heteroatoms. The molecular formula is C15H20O2. The van der Waals surface area contributed by atoms with E-state index < -0.39 is 0 Å². The third-order valence-corrected chi connectivity index (χ3v) is 3.82. The summed E-state index contributed by atoms with van der Waals surface area (Å²) in [4.78, 5) is 11.9. The fraction of sp³-hybridized carbons (Fsp3) is 0.533. The molecule has 0 radical (unpaired) electrons. The van der Waals surface area contributed by atoms with Crippen molar-refractivity contribution in [1.29, 1.82) is 0 Å². The summed E-state index contributed by atoms with van der Waals surface area (Å²) >= 11 is 0. The topological polar surface area (TPSA) is 26.3 Å². The molecule has 1 aromatic rings. The number of hydrogen-bond acceptors (Lipinski definition) is 2. The van der Waals surface area contributed by atoms with Crippen LogP contribution in [0.1, 0.15) is 48.7 Å². The quantitative estimate of drug-likeness (QED) is 0.783. The second-order valence-electron chi connectivity index (χ2n) is 5.34. The first-order chi connectivity index (χ1) is 8.04. The first kappa shape index (κ1) is 12.3. The predicted octanol–water partition coefficient (Wildman–Crippen LogP) is 3.13. The smallest absolute Gasteiger partial charge is 0.188 e. The van der Waals surface area contributed by atoms with Crippen LogP contribution in [0.25, 0.3) is 0 Å². The number of fused-ring (bicyclic) bond motifs is 1. The summed E-state index contributed by atoms with van der Waals surface area (Å²) in [7, 11) is 0. The molecule has 0 N–H and O–H groups in total. The Balaban J connectivity index is 2.45. The minimum absolute atomic E-state index is 0.117. The summed E-state index contributed by atoms with van der Waals surface area (Å²) in [5.41, 5.74) is 3.36. The molecule has 1 aliphatic heterocycles. The number of ketones is 1. The third kappa shape index (κ3) is 2.42. The molecule has 0 aromatic heterocycles. The number of carbonyl (C=O) groups excluding carboxylic acids is 1. The van der Waals surface area contributed by atoms with Gasteiger partial charge in [-0.2, -0.15) is 0 Å². The van der Waals surface area contributed by atoms with E-state index in [1.807, 2.05) is 0 Å². The Morgan fingerprint density at radius 2 is 2.12 bits per heavy atom. The van der Waals surface area contributed by atoms with Gasteiger partial charge in [0.2, 0.25) is 0 Å². The van der Waals surface area contributed by atoms with Gasteiger partial charge in [-0.15, -0.1) is 0 Å². The molecule has 0 aliphatic carbocycles. The Morgan fingerprint density at radius 1 is 1.35 bits per heavy atom. The predicted molar refractivity (Wildman–Crippen MR) is 68.6 cm³/mol. The lowest BCUT2D eigenvalue weighted by atomic mass is 9.80. The van der Waals surface area contributed by atoms with Crippen LogP contribution in [0, 0.1) is 0 Å². The molecule has 1 aliphatic rings. The summed E-state index contributed by atoms with van der Waals surface area (Å²) in [6, 6.07) is 6.31. The van der Waals surface area contributed by atoms with Gasteiger partial charge in [0.05, 0.1) is 6.61 Å². The van der Waals surface area contributed by atoms with Crippen molar-refractivity contribution in [3.05, 3.63) is 34.9 Å². The third-order valence-electron chi connectivity index (χ3n) is 3.82. The maximum absolute atomic E-state index is 11.9. The van der Waals surface area contributed by atoms with Crippen LogP contribution in [-0.4, -0.2) is 19.0 Å². The highest BCUT2D eigenvalue weighted by Crippen LogP contribution is 2.29. The van der Waals surface area contributed by atoms with Gasteiger partial charge in [0.15, 0.2) is 5.78 Å². The van der Waals surface area contributed by atoms with Gasteiger partial charge in [0.1, 0.15) is 6.61 Å². The van der Waals surface area contributed by atoms with Gasteiger partial charge in [0, 0.05) is 5.56 Å². The summed E-state index contributed by atoms with van der Waals surface area (Å²) < 4.78 is 5.29. The van der Waals surface area contributed by atoms with Crippen molar-refractivity contribution in [1.82, 2.24) is 0 Å². The number of benzene rings is 1. The molecule has 2 rings (SSSR count). The second kappa shape index (κ2) is 4.61. The van der Waals surface area contributed by atoms with Crippen LogP contribution >= 0.6 is 0 Å². The lowest BCUT2D eigenvalue weighted by Gasteiger charge is -2.24. The molecular weight excluding hydrogens is 212 g/mol. The summed E-state index contributed by atoms with van der Waals surface area (Å²) in [5, 5.41) is 0.